The van der Waals surface area contributed by atoms with Crippen LogP contribution in [0.15, 0.2) is 72.8 Å². The third-order valence-corrected chi connectivity index (χ3v) is 5.84. The van der Waals surface area contributed by atoms with Gasteiger partial charge in [-0.1, -0.05) is 56.3 Å². The van der Waals surface area contributed by atoms with Crippen molar-refractivity contribution in [3.63, 3.8) is 0 Å². The van der Waals surface area contributed by atoms with Crippen molar-refractivity contribution in [1.29, 1.82) is 0 Å². The van der Waals surface area contributed by atoms with Crippen molar-refractivity contribution in [2.24, 2.45) is 0 Å². The molecule has 162 valence electrons. The Hall–Kier alpha value is -3.73. The number of allylic oxidation sites excluding steroid dienone is 1. The second kappa shape index (κ2) is 8.42. The predicted octanol–water partition coefficient (Wildman–Crippen LogP) is 5.98. The highest BCUT2D eigenvalue weighted by Gasteiger charge is 2.29. The number of carbonyl (C=O) groups is 2. The standard InChI is InChI=1S/C27H24FNO3/c1-27(2)14-13-20(17-7-5-4-6-8-17)21-15-18(9-11-22(21)27)25(30)29-24-12-10-19(16-23(24)28)26(31)32-3/h4-13,15-16H,14H2,1-3H3,(H,29,30). The molecule has 1 aliphatic rings. The van der Waals surface area contributed by atoms with E-state index in [2.05, 4.69) is 42.1 Å². The van der Waals surface area contributed by atoms with Gasteiger partial charge in [-0.2, -0.15) is 0 Å². The fraction of sp³-hybridized carbons (Fsp3) is 0.185. The van der Waals surface area contributed by atoms with Crippen LogP contribution in [0, 0.1) is 5.82 Å². The molecule has 1 aliphatic carbocycles. The summed E-state index contributed by atoms with van der Waals surface area (Å²) in [6.07, 6.45) is 3.11. The number of hydrogen-bond acceptors (Lipinski definition) is 3. The summed E-state index contributed by atoms with van der Waals surface area (Å²) in [5.41, 5.74) is 4.80. The number of halogens is 1. The minimum atomic E-state index is -0.704. The first kappa shape index (κ1) is 21.5. The second-order valence-electron chi connectivity index (χ2n) is 8.47. The maximum Gasteiger partial charge on any atom is 0.337 e. The van der Waals surface area contributed by atoms with Crippen molar-refractivity contribution >= 4 is 23.1 Å². The lowest BCUT2D eigenvalue weighted by atomic mass is 9.72. The van der Waals surface area contributed by atoms with Gasteiger partial charge in [0.1, 0.15) is 5.82 Å². The Labute approximate surface area is 186 Å². The number of esters is 1. The molecule has 0 saturated heterocycles. The van der Waals surface area contributed by atoms with Gasteiger partial charge in [0.25, 0.3) is 5.91 Å². The van der Waals surface area contributed by atoms with E-state index in [0.29, 0.717) is 5.56 Å². The van der Waals surface area contributed by atoms with Crippen LogP contribution in [0.2, 0.25) is 0 Å². The van der Waals surface area contributed by atoms with E-state index >= 15 is 0 Å². The highest BCUT2D eigenvalue weighted by atomic mass is 19.1. The largest absolute Gasteiger partial charge is 0.465 e. The molecule has 0 atom stereocenters. The van der Waals surface area contributed by atoms with Crippen molar-refractivity contribution in [2.75, 3.05) is 12.4 Å². The number of ether oxygens (including phenoxy) is 1. The van der Waals surface area contributed by atoms with Gasteiger partial charge in [0.2, 0.25) is 0 Å². The summed E-state index contributed by atoms with van der Waals surface area (Å²) < 4.78 is 19.0. The van der Waals surface area contributed by atoms with E-state index in [1.54, 1.807) is 6.07 Å². The maximum absolute atomic E-state index is 14.4. The third kappa shape index (κ3) is 4.06. The quantitative estimate of drug-likeness (QED) is 0.519. The SMILES string of the molecule is COC(=O)c1ccc(NC(=O)c2ccc3c(c2)C(c2ccccc2)=CCC3(C)C)c(F)c1. The van der Waals surface area contributed by atoms with E-state index in [-0.39, 0.29) is 16.7 Å². The zero-order chi connectivity index (χ0) is 22.9. The Morgan fingerprint density at radius 1 is 0.969 bits per heavy atom. The van der Waals surface area contributed by atoms with Crippen molar-refractivity contribution in [2.45, 2.75) is 25.7 Å². The molecule has 0 heterocycles. The van der Waals surface area contributed by atoms with Crippen molar-refractivity contribution in [3.8, 4) is 0 Å². The van der Waals surface area contributed by atoms with Crippen LogP contribution < -0.4 is 5.32 Å². The topological polar surface area (TPSA) is 55.4 Å². The Balaban J connectivity index is 1.67. The molecule has 32 heavy (non-hydrogen) atoms. The van der Waals surface area contributed by atoms with Crippen molar-refractivity contribution in [3.05, 3.63) is 106 Å². The molecule has 4 rings (SSSR count). The lowest BCUT2D eigenvalue weighted by Crippen LogP contribution is -2.23. The molecule has 1 N–H and O–H groups in total. The smallest absolute Gasteiger partial charge is 0.337 e. The average molecular weight is 429 g/mol. The molecule has 3 aromatic carbocycles. The van der Waals surface area contributed by atoms with Gasteiger partial charge in [0.15, 0.2) is 0 Å². The molecule has 1 amide bonds. The lowest BCUT2D eigenvalue weighted by Gasteiger charge is -2.32. The number of methoxy groups -OCH3 is 1. The number of hydrogen-bond donors (Lipinski definition) is 1. The molecule has 0 aromatic heterocycles. The van der Waals surface area contributed by atoms with E-state index in [9.17, 15) is 14.0 Å². The Kier molecular flexibility index (Phi) is 5.66. The van der Waals surface area contributed by atoms with Crippen LogP contribution in [-0.2, 0) is 10.2 Å². The van der Waals surface area contributed by atoms with E-state index in [0.717, 1.165) is 29.2 Å². The van der Waals surface area contributed by atoms with E-state index < -0.39 is 17.7 Å². The summed E-state index contributed by atoms with van der Waals surface area (Å²) in [7, 11) is 1.23. The number of anilines is 1. The fourth-order valence-corrected chi connectivity index (χ4v) is 4.02. The molecule has 0 spiro atoms. The molecule has 3 aromatic rings. The van der Waals surface area contributed by atoms with Crippen LogP contribution in [0.4, 0.5) is 10.1 Å². The zero-order valence-electron chi connectivity index (χ0n) is 18.2. The average Bonchev–Trinajstić information content (AvgIpc) is 2.80. The summed E-state index contributed by atoms with van der Waals surface area (Å²) in [5.74, 6) is -1.77. The van der Waals surface area contributed by atoms with Gasteiger partial charge in [-0.25, -0.2) is 9.18 Å². The fourth-order valence-electron chi connectivity index (χ4n) is 4.02. The molecule has 0 fully saturated rings. The van der Waals surface area contributed by atoms with Crippen LogP contribution in [-0.4, -0.2) is 19.0 Å². The molecule has 4 nitrogen and oxygen atoms in total. The van der Waals surface area contributed by atoms with Gasteiger partial charge in [-0.3, -0.25) is 4.79 Å². The molecule has 5 heteroatoms. The van der Waals surface area contributed by atoms with Gasteiger partial charge >= 0.3 is 5.97 Å². The Morgan fingerprint density at radius 3 is 2.38 bits per heavy atom. The summed E-state index contributed by atoms with van der Waals surface area (Å²) >= 11 is 0. The van der Waals surface area contributed by atoms with Gasteiger partial charge in [0.05, 0.1) is 18.4 Å². The van der Waals surface area contributed by atoms with Gasteiger partial charge < -0.3 is 10.1 Å². The normalized spacial score (nSPS) is 14.2. The molecule has 0 unspecified atom stereocenters. The summed E-state index contributed by atoms with van der Waals surface area (Å²) in [6, 6.07) is 19.5. The highest BCUT2D eigenvalue weighted by Crippen LogP contribution is 2.41. The number of amides is 1. The number of benzene rings is 3. The molecule has 0 radical (unpaired) electrons. The van der Waals surface area contributed by atoms with Crippen LogP contribution in [0.25, 0.3) is 5.57 Å². The number of rotatable bonds is 4. The van der Waals surface area contributed by atoms with Crippen LogP contribution in [0.5, 0.6) is 0 Å². The van der Waals surface area contributed by atoms with E-state index in [1.165, 1.54) is 24.8 Å². The first-order valence-electron chi connectivity index (χ1n) is 10.4. The third-order valence-electron chi connectivity index (χ3n) is 5.84. The second-order valence-corrected chi connectivity index (χ2v) is 8.47. The Morgan fingerprint density at radius 2 is 1.69 bits per heavy atom. The van der Waals surface area contributed by atoms with Crippen LogP contribution in [0.1, 0.15) is 57.7 Å². The number of nitrogens with one attached hydrogen (secondary N) is 1. The predicted molar refractivity (Wildman–Crippen MR) is 123 cm³/mol. The van der Waals surface area contributed by atoms with Gasteiger partial charge in [-0.15, -0.1) is 0 Å². The minimum absolute atomic E-state index is 0.000437. The number of fused-ring (bicyclic) bond motifs is 1. The van der Waals surface area contributed by atoms with Gasteiger partial charge in [-0.05, 0) is 64.4 Å². The summed E-state index contributed by atoms with van der Waals surface area (Å²) in [5, 5.41) is 2.61. The lowest BCUT2D eigenvalue weighted by molar-refractivity contribution is 0.0600. The Bertz CT molecular complexity index is 1230. The molecular formula is C27H24FNO3. The summed E-state index contributed by atoms with van der Waals surface area (Å²) in [4.78, 5) is 24.5. The van der Waals surface area contributed by atoms with E-state index in [4.69, 9.17) is 0 Å². The first-order chi connectivity index (χ1) is 15.3. The first-order valence-corrected chi connectivity index (χ1v) is 10.4. The minimum Gasteiger partial charge on any atom is -0.465 e. The van der Waals surface area contributed by atoms with Crippen LogP contribution in [0.3, 0.4) is 0 Å². The molecule has 0 saturated carbocycles. The van der Waals surface area contributed by atoms with Gasteiger partial charge in [0, 0.05) is 5.56 Å². The summed E-state index contributed by atoms with van der Waals surface area (Å²) in [6.45, 7) is 4.37. The molecule has 0 bridgehead atoms. The molecular weight excluding hydrogens is 405 g/mol. The maximum atomic E-state index is 14.4. The van der Waals surface area contributed by atoms with Crippen LogP contribution >= 0.6 is 0 Å². The highest BCUT2D eigenvalue weighted by molar-refractivity contribution is 6.05. The molecule has 0 aliphatic heterocycles. The zero-order valence-corrected chi connectivity index (χ0v) is 18.2. The number of carbonyl (C=O) groups excluding carboxylic acids is 2. The monoisotopic (exact) mass is 429 g/mol. The van der Waals surface area contributed by atoms with Crippen molar-refractivity contribution < 1.29 is 18.7 Å². The van der Waals surface area contributed by atoms with Crippen molar-refractivity contribution in [1.82, 2.24) is 0 Å². The van der Waals surface area contributed by atoms with E-state index in [1.807, 2.05) is 30.3 Å².